The van der Waals surface area contributed by atoms with Crippen LogP contribution in [0.5, 0.6) is 0 Å². The lowest BCUT2D eigenvalue weighted by Gasteiger charge is -2.05. The van der Waals surface area contributed by atoms with Crippen LogP contribution in [0.25, 0.3) is 0 Å². The Bertz CT molecular complexity index is 341. The summed E-state index contributed by atoms with van der Waals surface area (Å²) in [6.07, 6.45) is -5.06. The zero-order chi connectivity index (χ0) is 11.5. The maximum Gasteiger partial charge on any atom is 0.389 e. The van der Waals surface area contributed by atoms with E-state index in [1.165, 1.54) is 11.3 Å². The second kappa shape index (κ2) is 4.79. The molecule has 0 saturated heterocycles. The molecule has 0 aliphatic heterocycles. The van der Waals surface area contributed by atoms with Gasteiger partial charge in [0.1, 0.15) is 0 Å². The molecule has 0 spiro atoms. The normalized spacial score (nSPS) is 11.7. The third-order valence-electron chi connectivity index (χ3n) is 2.02. The second-order valence-electron chi connectivity index (χ2n) is 3.17. The minimum Gasteiger partial charge on any atom is -0.293 e. The number of alkyl halides is 3. The smallest absolute Gasteiger partial charge is 0.293 e. The van der Waals surface area contributed by atoms with Gasteiger partial charge in [0.2, 0.25) is 0 Å². The van der Waals surface area contributed by atoms with Crippen LogP contribution in [0.15, 0.2) is 11.4 Å². The van der Waals surface area contributed by atoms with Crippen LogP contribution in [0.3, 0.4) is 0 Å². The average Bonchev–Trinajstić information content (AvgIpc) is 2.60. The van der Waals surface area contributed by atoms with Crippen LogP contribution in [0, 0.1) is 0 Å². The van der Waals surface area contributed by atoms with E-state index in [2.05, 4.69) is 0 Å². The monoisotopic (exact) mass is 236 g/mol. The highest BCUT2D eigenvalue weighted by Gasteiger charge is 2.28. The quantitative estimate of drug-likeness (QED) is 0.726. The van der Waals surface area contributed by atoms with Gasteiger partial charge in [0, 0.05) is 6.42 Å². The lowest BCUT2D eigenvalue weighted by atomic mass is 10.1. The Kier molecular flexibility index (Phi) is 3.90. The Morgan fingerprint density at radius 2 is 2.13 bits per heavy atom. The zero-order valence-corrected chi connectivity index (χ0v) is 9.04. The molecule has 1 aromatic rings. The molecule has 15 heavy (non-hydrogen) atoms. The predicted molar refractivity (Wildman–Crippen MR) is 53.3 cm³/mol. The number of ketones is 1. The highest BCUT2D eigenvalue weighted by molar-refractivity contribution is 7.12. The molecule has 0 aliphatic rings. The molecule has 0 saturated carbocycles. The van der Waals surface area contributed by atoms with Crippen molar-refractivity contribution in [3.8, 4) is 0 Å². The number of Topliss-reactive ketones (excluding diaryl/α,β-unsaturated/α-hetero) is 1. The molecule has 0 bridgehead atoms. The van der Waals surface area contributed by atoms with Gasteiger partial charge in [-0.25, -0.2) is 0 Å². The van der Waals surface area contributed by atoms with Gasteiger partial charge in [0.05, 0.1) is 11.3 Å². The minimum absolute atomic E-state index is 0.404. The summed E-state index contributed by atoms with van der Waals surface area (Å²) < 4.78 is 35.7. The van der Waals surface area contributed by atoms with Gasteiger partial charge in [-0.05, 0) is 23.4 Å². The third-order valence-corrected chi connectivity index (χ3v) is 3.01. The SMILES string of the molecule is CCc1ccsc1C(=O)CCC(F)(F)F. The molecular formula is C10H11F3OS. The summed E-state index contributed by atoms with van der Waals surface area (Å²) in [6, 6.07) is 1.78. The molecule has 0 radical (unpaired) electrons. The van der Waals surface area contributed by atoms with Gasteiger partial charge >= 0.3 is 6.18 Å². The number of carbonyl (C=O) groups is 1. The maximum atomic E-state index is 11.9. The molecule has 1 heterocycles. The van der Waals surface area contributed by atoms with Crippen molar-refractivity contribution in [1.29, 1.82) is 0 Å². The minimum atomic E-state index is -4.25. The Morgan fingerprint density at radius 3 is 2.67 bits per heavy atom. The molecule has 0 fully saturated rings. The van der Waals surface area contributed by atoms with Gasteiger partial charge in [-0.15, -0.1) is 11.3 Å². The maximum absolute atomic E-state index is 11.9. The Labute approximate surface area is 89.9 Å². The van der Waals surface area contributed by atoms with Crippen molar-refractivity contribution in [2.45, 2.75) is 32.4 Å². The van der Waals surface area contributed by atoms with E-state index in [0.29, 0.717) is 11.3 Å². The van der Waals surface area contributed by atoms with E-state index in [4.69, 9.17) is 0 Å². The molecule has 0 aliphatic carbocycles. The number of halogens is 3. The fraction of sp³-hybridized carbons (Fsp3) is 0.500. The van der Waals surface area contributed by atoms with Crippen LogP contribution in [0.4, 0.5) is 13.2 Å². The van der Waals surface area contributed by atoms with E-state index in [1.807, 2.05) is 6.92 Å². The van der Waals surface area contributed by atoms with Crippen LogP contribution >= 0.6 is 11.3 Å². The lowest BCUT2D eigenvalue weighted by Crippen LogP contribution is -2.10. The van der Waals surface area contributed by atoms with E-state index < -0.39 is 24.8 Å². The first-order chi connectivity index (χ1) is 6.94. The van der Waals surface area contributed by atoms with Gasteiger partial charge in [0.25, 0.3) is 0 Å². The number of thiophene rings is 1. The molecule has 0 N–H and O–H groups in total. The fourth-order valence-corrected chi connectivity index (χ4v) is 2.19. The summed E-state index contributed by atoms with van der Waals surface area (Å²) >= 11 is 1.22. The summed E-state index contributed by atoms with van der Waals surface area (Å²) in [7, 11) is 0. The van der Waals surface area contributed by atoms with Gasteiger partial charge < -0.3 is 0 Å². The molecule has 1 nitrogen and oxygen atoms in total. The number of carbonyl (C=O) groups excluding carboxylic acids is 1. The summed E-state index contributed by atoms with van der Waals surface area (Å²) in [5, 5.41) is 1.74. The van der Waals surface area contributed by atoms with Gasteiger partial charge in [0.15, 0.2) is 5.78 Å². The average molecular weight is 236 g/mol. The van der Waals surface area contributed by atoms with E-state index >= 15 is 0 Å². The summed E-state index contributed by atoms with van der Waals surface area (Å²) in [4.78, 5) is 11.9. The van der Waals surface area contributed by atoms with E-state index in [-0.39, 0.29) is 0 Å². The first kappa shape index (κ1) is 12.2. The molecule has 1 rings (SSSR count). The molecule has 0 aromatic carbocycles. The number of hydrogen-bond acceptors (Lipinski definition) is 2. The largest absolute Gasteiger partial charge is 0.389 e. The molecule has 0 amide bonds. The summed E-state index contributed by atoms with van der Waals surface area (Å²) in [5.41, 5.74) is 0.840. The topological polar surface area (TPSA) is 17.1 Å². The van der Waals surface area contributed by atoms with Crippen molar-refractivity contribution in [1.82, 2.24) is 0 Å². The van der Waals surface area contributed by atoms with Gasteiger partial charge in [-0.2, -0.15) is 13.2 Å². The molecule has 84 valence electrons. The summed E-state index contributed by atoms with van der Waals surface area (Å²) in [5.74, 6) is -0.404. The summed E-state index contributed by atoms with van der Waals surface area (Å²) in [6.45, 7) is 1.88. The first-order valence-electron chi connectivity index (χ1n) is 4.60. The fourth-order valence-electron chi connectivity index (χ4n) is 1.23. The van der Waals surface area contributed by atoms with Crippen LogP contribution in [-0.2, 0) is 6.42 Å². The molecular weight excluding hydrogens is 225 g/mol. The predicted octanol–water partition coefficient (Wildman–Crippen LogP) is 3.84. The van der Waals surface area contributed by atoms with Crippen LogP contribution in [0.2, 0.25) is 0 Å². The van der Waals surface area contributed by atoms with Crippen molar-refractivity contribution < 1.29 is 18.0 Å². The van der Waals surface area contributed by atoms with E-state index in [1.54, 1.807) is 11.4 Å². The van der Waals surface area contributed by atoms with Gasteiger partial charge in [-0.3, -0.25) is 4.79 Å². The van der Waals surface area contributed by atoms with Crippen LogP contribution < -0.4 is 0 Å². The molecule has 0 atom stereocenters. The first-order valence-corrected chi connectivity index (χ1v) is 5.48. The van der Waals surface area contributed by atoms with Crippen molar-refractivity contribution in [2.75, 3.05) is 0 Å². The lowest BCUT2D eigenvalue weighted by molar-refractivity contribution is -0.133. The Hall–Kier alpha value is -0.840. The Balaban J connectivity index is 2.62. The van der Waals surface area contributed by atoms with E-state index in [9.17, 15) is 18.0 Å². The highest BCUT2D eigenvalue weighted by atomic mass is 32.1. The molecule has 5 heteroatoms. The van der Waals surface area contributed by atoms with Crippen molar-refractivity contribution >= 4 is 17.1 Å². The van der Waals surface area contributed by atoms with Crippen molar-refractivity contribution in [3.63, 3.8) is 0 Å². The van der Waals surface area contributed by atoms with Crippen molar-refractivity contribution in [3.05, 3.63) is 21.9 Å². The number of aryl methyl sites for hydroxylation is 1. The van der Waals surface area contributed by atoms with Gasteiger partial charge in [-0.1, -0.05) is 6.92 Å². The van der Waals surface area contributed by atoms with Crippen LogP contribution in [-0.4, -0.2) is 12.0 Å². The highest BCUT2D eigenvalue weighted by Crippen LogP contribution is 2.25. The second-order valence-corrected chi connectivity index (χ2v) is 4.08. The van der Waals surface area contributed by atoms with Crippen molar-refractivity contribution in [2.24, 2.45) is 0 Å². The zero-order valence-electron chi connectivity index (χ0n) is 8.23. The number of rotatable bonds is 4. The van der Waals surface area contributed by atoms with Crippen LogP contribution in [0.1, 0.15) is 35.0 Å². The van der Waals surface area contributed by atoms with E-state index in [0.717, 1.165) is 5.56 Å². The third kappa shape index (κ3) is 3.66. The number of hydrogen-bond donors (Lipinski definition) is 0. The standard InChI is InChI=1S/C10H11F3OS/c1-2-7-4-6-15-9(7)8(14)3-5-10(11,12)13/h4,6H,2-3,5H2,1H3. The Morgan fingerprint density at radius 1 is 1.47 bits per heavy atom. The molecule has 1 aromatic heterocycles. The molecule has 0 unspecified atom stereocenters.